The van der Waals surface area contributed by atoms with E-state index in [0.29, 0.717) is 6.54 Å². The van der Waals surface area contributed by atoms with Gasteiger partial charge in [-0.3, -0.25) is 0 Å². The van der Waals surface area contributed by atoms with E-state index in [4.69, 9.17) is 5.73 Å². The van der Waals surface area contributed by atoms with E-state index in [0.717, 1.165) is 0 Å². The number of hydrogen-bond acceptors (Lipinski definition) is 3. The third-order valence-electron chi connectivity index (χ3n) is 1.73. The zero-order valence-electron chi connectivity index (χ0n) is 8.16. The highest BCUT2D eigenvalue weighted by Crippen LogP contribution is 2.01. The van der Waals surface area contributed by atoms with Gasteiger partial charge >= 0.3 is 0 Å². The maximum Gasteiger partial charge on any atom is 0.215 e. The highest BCUT2D eigenvalue weighted by Gasteiger charge is 2.17. The molecular weight excluding hydrogens is 188 g/mol. The second-order valence-corrected chi connectivity index (χ2v) is 5.07. The molecule has 0 bridgehead atoms. The zero-order chi connectivity index (χ0) is 10.5. The van der Waals surface area contributed by atoms with Crippen LogP contribution < -0.4 is 10.5 Å². The summed E-state index contributed by atoms with van der Waals surface area (Å²) in [4.78, 5) is 0. The number of rotatable bonds is 6. The van der Waals surface area contributed by atoms with Gasteiger partial charge in [0.15, 0.2) is 0 Å². The van der Waals surface area contributed by atoms with Crippen molar-refractivity contribution < 1.29 is 8.42 Å². The van der Waals surface area contributed by atoms with Gasteiger partial charge in [0.25, 0.3) is 0 Å². The summed E-state index contributed by atoms with van der Waals surface area (Å²) < 4.78 is 25.1. The van der Waals surface area contributed by atoms with E-state index in [-0.39, 0.29) is 17.7 Å². The molecule has 1 atom stereocenters. The van der Waals surface area contributed by atoms with Gasteiger partial charge < -0.3 is 5.73 Å². The van der Waals surface area contributed by atoms with Gasteiger partial charge in [-0.1, -0.05) is 19.9 Å². The van der Waals surface area contributed by atoms with Gasteiger partial charge in [-0.15, -0.1) is 6.58 Å². The summed E-state index contributed by atoms with van der Waals surface area (Å²) in [7, 11) is -3.24. The van der Waals surface area contributed by atoms with E-state index in [1.807, 2.05) is 13.8 Å². The molecule has 4 nitrogen and oxygen atoms in total. The van der Waals surface area contributed by atoms with E-state index in [1.165, 1.54) is 6.08 Å². The highest BCUT2D eigenvalue weighted by atomic mass is 32.2. The average molecular weight is 206 g/mol. The van der Waals surface area contributed by atoms with Crippen LogP contribution in [0.15, 0.2) is 12.7 Å². The molecule has 0 amide bonds. The molecule has 0 spiro atoms. The van der Waals surface area contributed by atoms with Gasteiger partial charge in [0.2, 0.25) is 10.0 Å². The highest BCUT2D eigenvalue weighted by molar-refractivity contribution is 7.89. The van der Waals surface area contributed by atoms with Crippen LogP contribution in [0.5, 0.6) is 0 Å². The van der Waals surface area contributed by atoms with Crippen molar-refractivity contribution in [1.82, 2.24) is 4.72 Å². The Bertz CT molecular complexity index is 247. The number of sulfonamides is 1. The fraction of sp³-hybridized carbons (Fsp3) is 0.750. The molecule has 0 aliphatic carbocycles. The van der Waals surface area contributed by atoms with Crippen molar-refractivity contribution in [2.75, 3.05) is 12.3 Å². The Balaban J connectivity index is 4.31. The van der Waals surface area contributed by atoms with Gasteiger partial charge in [-0.25, -0.2) is 13.1 Å². The lowest BCUT2D eigenvalue weighted by atomic mass is 10.1. The molecule has 0 rings (SSSR count). The van der Waals surface area contributed by atoms with E-state index < -0.39 is 10.0 Å². The molecule has 0 saturated carbocycles. The van der Waals surface area contributed by atoms with Crippen molar-refractivity contribution in [2.24, 2.45) is 11.7 Å². The fourth-order valence-electron chi connectivity index (χ4n) is 0.890. The lowest BCUT2D eigenvalue weighted by Crippen LogP contribution is -2.44. The van der Waals surface area contributed by atoms with Crippen LogP contribution in [0.2, 0.25) is 0 Å². The first kappa shape index (κ1) is 12.6. The summed E-state index contributed by atoms with van der Waals surface area (Å²) >= 11 is 0. The molecule has 0 fully saturated rings. The molecule has 5 heteroatoms. The fourth-order valence-corrected chi connectivity index (χ4v) is 2.13. The normalized spacial score (nSPS) is 14.5. The largest absolute Gasteiger partial charge is 0.329 e. The topological polar surface area (TPSA) is 72.2 Å². The Morgan fingerprint density at radius 2 is 2.08 bits per heavy atom. The molecule has 0 radical (unpaired) electrons. The second-order valence-electron chi connectivity index (χ2n) is 3.27. The standard InChI is InChI=1S/C8H18N2O2S/c1-4-5-13(11,12)10-8(6-9)7(2)3/h4,7-8,10H,1,5-6,9H2,2-3H3. The van der Waals surface area contributed by atoms with Crippen molar-refractivity contribution in [2.45, 2.75) is 19.9 Å². The Morgan fingerprint density at radius 3 is 2.38 bits per heavy atom. The Kier molecular flexibility index (Phi) is 5.20. The molecule has 0 saturated heterocycles. The van der Waals surface area contributed by atoms with E-state index >= 15 is 0 Å². The minimum atomic E-state index is -3.24. The number of nitrogens with one attached hydrogen (secondary N) is 1. The molecule has 78 valence electrons. The summed E-state index contributed by atoms with van der Waals surface area (Å²) in [6, 6.07) is -0.190. The third-order valence-corrected chi connectivity index (χ3v) is 3.06. The van der Waals surface area contributed by atoms with Gasteiger partial charge in [0.05, 0.1) is 5.75 Å². The van der Waals surface area contributed by atoms with E-state index in [2.05, 4.69) is 11.3 Å². The van der Waals surface area contributed by atoms with E-state index in [9.17, 15) is 8.42 Å². The first-order chi connectivity index (χ1) is 5.93. The third kappa shape index (κ3) is 5.02. The second kappa shape index (κ2) is 5.36. The molecular formula is C8H18N2O2S. The van der Waals surface area contributed by atoms with Crippen molar-refractivity contribution in [3.8, 4) is 0 Å². The molecule has 0 aliphatic rings. The summed E-state index contributed by atoms with van der Waals surface area (Å²) in [5, 5.41) is 0. The van der Waals surface area contributed by atoms with Crippen molar-refractivity contribution >= 4 is 10.0 Å². The van der Waals surface area contributed by atoms with Crippen LogP contribution in [0.3, 0.4) is 0 Å². The molecule has 3 N–H and O–H groups in total. The Morgan fingerprint density at radius 1 is 1.54 bits per heavy atom. The van der Waals surface area contributed by atoms with Crippen LogP contribution in [-0.2, 0) is 10.0 Å². The zero-order valence-corrected chi connectivity index (χ0v) is 8.97. The molecule has 0 heterocycles. The summed E-state index contributed by atoms with van der Waals surface area (Å²) in [6.45, 7) is 7.54. The maximum atomic E-state index is 11.3. The first-order valence-electron chi connectivity index (χ1n) is 4.24. The molecule has 0 aromatic rings. The van der Waals surface area contributed by atoms with Gasteiger partial charge in [0.1, 0.15) is 0 Å². The smallest absolute Gasteiger partial charge is 0.215 e. The van der Waals surface area contributed by atoms with Crippen molar-refractivity contribution in [1.29, 1.82) is 0 Å². The molecule has 1 unspecified atom stereocenters. The predicted molar refractivity (Wildman–Crippen MR) is 54.8 cm³/mol. The average Bonchev–Trinajstić information content (AvgIpc) is 1.99. The quantitative estimate of drug-likeness (QED) is 0.604. The first-order valence-corrected chi connectivity index (χ1v) is 5.89. The monoisotopic (exact) mass is 206 g/mol. The van der Waals surface area contributed by atoms with Gasteiger partial charge in [-0.2, -0.15) is 0 Å². The molecule has 0 aromatic heterocycles. The minimum absolute atomic E-state index is 0.0593. The number of hydrogen-bond donors (Lipinski definition) is 2. The van der Waals surface area contributed by atoms with E-state index in [1.54, 1.807) is 0 Å². The lowest BCUT2D eigenvalue weighted by Gasteiger charge is -2.19. The molecule has 0 aromatic carbocycles. The van der Waals surface area contributed by atoms with Crippen LogP contribution >= 0.6 is 0 Å². The van der Waals surface area contributed by atoms with Crippen LogP contribution in [0.25, 0.3) is 0 Å². The SMILES string of the molecule is C=CCS(=O)(=O)NC(CN)C(C)C. The minimum Gasteiger partial charge on any atom is -0.329 e. The lowest BCUT2D eigenvalue weighted by molar-refractivity contribution is 0.455. The number of nitrogens with two attached hydrogens (primary N) is 1. The summed E-state index contributed by atoms with van der Waals surface area (Å²) in [6.07, 6.45) is 1.36. The van der Waals surface area contributed by atoms with Crippen molar-refractivity contribution in [3.63, 3.8) is 0 Å². The Hall–Kier alpha value is -0.390. The Labute approximate surface area is 80.3 Å². The van der Waals surface area contributed by atoms with Crippen LogP contribution in [0, 0.1) is 5.92 Å². The van der Waals surface area contributed by atoms with Crippen LogP contribution in [0.1, 0.15) is 13.8 Å². The summed E-state index contributed by atoms with van der Waals surface area (Å²) in [5.74, 6) is 0.139. The van der Waals surface area contributed by atoms with Crippen LogP contribution in [-0.4, -0.2) is 26.8 Å². The van der Waals surface area contributed by atoms with Crippen LogP contribution in [0.4, 0.5) is 0 Å². The summed E-state index contributed by atoms with van der Waals surface area (Å²) in [5.41, 5.74) is 5.42. The van der Waals surface area contributed by atoms with Gasteiger partial charge in [0, 0.05) is 12.6 Å². The predicted octanol–water partition coefficient (Wildman–Crippen LogP) is 0.0751. The van der Waals surface area contributed by atoms with Crippen molar-refractivity contribution in [3.05, 3.63) is 12.7 Å². The molecule has 13 heavy (non-hydrogen) atoms. The maximum absolute atomic E-state index is 11.3. The van der Waals surface area contributed by atoms with Gasteiger partial charge in [-0.05, 0) is 5.92 Å². The molecule has 0 aliphatic heterocycles.